The largest absolute Gasteiger partial charge is 0.341 e. The molecule has 0 unspecified atom stereocenters. The lowest BCUT2D eigenvalue weighted by Crippen LogP contribution is -2.37. The van der Waals surface area contributed by atoms with Crippen molar-refractivity contribution in [3.63, 3.8) is 0 Å². The number of nitrogens with zero attached hydrogens (tertiary/aromatic N) is 2. The molecule has 1 aromatic rings. The van der Waals surface area contributed by atoms with Crippen LogP contribution in [0.1, 0.15) is 43.0 Å². The van der Waals surface area contributed by atoms with Crippen LogP contribution in [0.4, 0.5) is 0 Å². The summed E-state index contributed by atoms with van der Waals surface area (Å²) < 4.78 is 0. The highest BCUT2D eigenvalue weighted by Gasteiger charge is 2.22. The minimum absolute atomic E-state index is 0.00893. The third-order valence-electron chi connectivity index (χ3n) is 3.95. The molecule has 2 rings (SSSR count). The Hall–Kier alpha value is -1.55. The molecule has 0 atom stereocenters. The Labute approximate surface area is 137 Å². The second-order valence-electron chi connectivity index (χ2n) is 5.64. The van der Waals surface area contributed by atoms with Crippen LogP contribution in [0.5, 0.6) is 0 Å². The molecule has 0 aliphatic carbocycles. The number of hydrogen-bond acceptors (Lipinski definition) is 2. The zero-order valence-electron chi connectivity index (χ0n) is 13.1. The van der Waals surface area contributed by atoms with Gasteiger partial charge in [0.25, 0.3) is 5.91 Å². The molecule has 1 aromatic carbocycles. The van der Waals surface area contributed by atoms with E-state index in [9.17, 15) is 9.59 Å². The lowest BCUT2D eigenvalue weighted by molar-refractivity contribution is -0.131. The second kappa shape index (κ2) is 8.18. The monoisotopic (exact) mass is 322 g/mol. The predicted molar refractivity (Wildman–Crippen MR) is 88.1 cm³/mol. The van der Waals surface area contributed by atoms with Gasteiger partial charge in [0.2, 0.25) is 5.91 Å². The minimum atomic E-state index is -0.00893. The molecule has 0 bridgehead atoms. The van der Waals surface area contributed by atoms with E-state index in [2.05, 4.69) is 6.92 Å². The first kappa shape index (κ1) is 16.8. The molecule has 22 heavy (non-hydrogen) atoms. The van der Waals surface area contributed by atoms with Gasteiger partial charge in [-0.1, -0.05) is 31.0 Å². The van der Waals surface area contributed by atoms with E-state index in [0.29, 0.717) is 36.6 Å². The Balaban J connectivity index is 1.95. The number of rotatable bonds is 4. The van der Waals surface area contributed by atoms with E-state index < -0.39 is 0 Å². The van der Waals surface area contributed by atoms with Crippen LogP contribution in [0, 0.1) is 0 Å². The molecule has 0 N–H and O–H groups in total. The van der Waals surface area contributed by atoms with E-state index in [1.165, 1.54) is 0 Å². The summed E-state index contributed by atoms with van der Waals surface area (Å²) in [6.07, 6.45) is 3.39. The zero-order valence-corrected chi connectivity index (χ0v) is 13.8. The summed E-state index contributed by atoms with van der Waals surface area (Å²) in [5.41, 5.74) is 0.609. The molecule has 0 radical (unpaired) electrons. The van der Waals surface area contributed by atoms with Gasteiger partial charge in [0.15, 0.2) is 0 Å². The average Bonchev–Trinajstić information content (AvgIpc) is 2.78. The third kappa shape index (κ3) is 4.47. The van der Waals surface area contributed by atoms with Crippen LogP contribution in [-0.4, -0.2) is 47.8 Å². The van der Waals surface area contributed by atoms with Crippen molar-refractivity contribution < 1.29 is 9.59 Å². The van der Waals surface area contributed by atoms with E-state index in [4.69, 9.17) is 11.6 Å². The maximum absolute atomic E-state index is 12.5. The second-order valence-corrected chi connectivity index (χ2v) is 6.08. The Morgan fingerprint density at radius 1 is 1.14 bits per heavy atom. The van der Waals surface area contributed by atoms with Gasteiger partial charge in [-0.25, -0.2) is 0 Å². The molecular formula is C17H23ClN2O2. The van der Waals surface area contributed by atoms with Crippen molar-refractivity contribution in [3.05, 3.63) is 34.9 Å². The first-order valence-electron chi connectivity index (χ1n) is 7.94. The van der Waals surface area contributed by atoms with Gasteiger partial charge in [0.1, 0.15) is 0 Å². The number of benzene rings is 1. The quantitative estimate of drug-likeness (QED) is 0.854. The van der Waals surface area contributed by atoms with E-state index in [-0.39, 0.29) is 11.8 Å². The number of carbonyl (C=O) groups is 2. The number of unbranched alkanes of at least 4 members (excludes halogenated alkanes) is 1. The Morgan fingerprint density at radius 2 is 1.86 bits per heavy atom. The summed E-state index contributed by atoms with van der Waals surface area (Å²) in [7, 11) is 0. The molecule has 1 saturated heterocycles. The molecule has 120 valence electrons. The van der Waals surface area contributed by atoms with Gasteiger partial charge in [-0.2, -0.15) is 0 Å². The van der Waals surface area contributed by atoms with Crippen LogP contribution in [-0.2, 0) is 4.79 Å². The fraction of sp³-hybridized carbons (Fsp3) is 0.529. The highest BCUT2D eigenvalue weighted by Crippen LogP contribution is 2.15. The average molecular weight is 323 g/mol. The van der Waals surface area contributed by atoms with Crippen LogP contribution < -0.4 is 0 Å². The molecule has 0 spiro atoms. The third-order valence-corrected chi connectivity index (χ3v) is 4.19. The molecule has 5 heteroatoms. The van der Waals surface area contributed by atoms with Crippen LogP contribution in [0.2, 0.25) is 5.02 Å². The normalized spacial score (nSPS) is 15.5. The number of amides is 2. The Kier molecular flexibility index (Phi) is 6.25. The zero-order chi connectivity index (χ0) is 15.9. The van der Waals surface area contributed by atoms with Crippen LogP contribution in [0.3, 0.4) is 0 Å². The maximum Gasteiger partial charge on any atom is 0.253 e. The maximum atomic E-state index is 12.5. The van der Waals surface area contributed by atoms with Crippen molar-refractivity contribution in [1.29, 1.82) is 0 Å². The van der Waals surface area contributed by atoms with Gasteiger partial charge in [-0.15, -0.1) is 0 Å². The van der Waals surface area contributed by atoms with Crippen molar-refractivity contribution in [3.8, 4) is 0 Å². The van der Waals surface area contributed by atoms with Crippen molar-refractivity contribution in [2.75, 3.05) is 26.2 Å². The summed E-state index contributed by atoms with van der Waals surface area (Å²) in [4.78, 5) is 28.3. The fourth-order valence-corrected chi connectivity index (χ4v) is 2.85. The summed E-state index contributed by atoms with van der Waals surface area (Å²) >= 11 is 5.95. The topological polar surface area (TPSA) is 40.6 Å². The van der Waals surface area contributed by atoms with Crippen LogP contribution in [0.15, 0.2) is 24.3 Å². The van der Waals surface area contributed by atoms with Crippen molar-refractivity contribution in [2.24, 2.45) is 0 Å². The van der Waals surface area contributed by atoms with Gasteiger partial charge in [-0.05, 0) is 31.0 Å². The number of hydrogen-bond donors (Lipinski definition) is 0. The molecule has 0 aromatic heterocycles. The van der Waals surface area contributed by atoms with Crippen molar-refractivity contribution in [2.45, 2.75) is 32.6 Å². The predicted octanol–water partition coefficient (Wildman–Crippen LogP) is 3.20. The van der Waals surface area contributed by atoms with Crippen LogP contribution >= 0.6 is 11.6 Å². The van der Waals surface area contributed by atoms with Crippen molar-refractivity contribution in [1.82, 2.24) is 9.80 Å². The highest BCUT2D eigenvalue weighted by atomic mass is 35.5. The van der Waals surface area contributed by atoms with Gasteiger partial charge < -0.3 is 9.80 Å². The number of halogens is 1. The van der Waals surface area contributed by atoms with Gasteiger partial charge >= 0.3 is 0 Å². The summed E-state index contributed by atoms with van der Waals surface area (Å²) in [5, 5.41) is 0.567. The minimum Gasteiger partial charge on any atom is -0.341 e. The lowest BCUT2D eigenvalue weighted by Gasteiger charge is -2.22. The Bertz CT molecular complexity index is 533. The molecule has 1 fully saturated rings. The van der Waals surface area contributed by atoms with Crippen molar-refractivity contribution >= 4 is 23.4 Å². The molecule has 1 heterocycles. The Morgan fingerprint density at radius 3 is 2.59 bits per heavy atom. The first-order valence-corrected chi connectivity index (χ1v) is 8.32. The van der Waals surface area contributed by atoms with E-state index in [1.807, 2.05) is 9.80 Å². The van der Waals surface area contributed by atoms with Gasteiger partial charge in [0, 0.05) is 43.2 Å². The van der Waals surface area contributed by atoms with E-state index in [1.54, 1.807) is 24.3 Å². The lowest BCUT2D eigenvalue weighted by atomic mass is 10.2. The standard InChI is InChI=1S/C17H23ClN2O2/c1-2-3-8-16(21)19-9-5-10-20(12-11-19)17(22)14-6-4-7-15(18)13-14/h4,6-7,13H,2-3,5,8-12H2,1H3. The molecule has 2 amide bonds. The van der Waals surface area contributed by atoms with Gasteiger partial charge in [-0.3, -0.25) is 9.59 Å². The van der Waals surface area contributed by atoms with Gasteiger partial charge in [0.05, 0.1) is 0 Å². The van der Waals surface area contributed by atoms with E-state index >= 15 is 0 Å². The fourth-order valence-electron chi connectivity index (χ4n) is 2.66. The SMILES string of the molecule is CCCCC(=O)N1CCCN(C(=O)c2cccc(Cl)c2)CC1. The molecule has 1 aliphatic heterocycles. The molecule has 4 nitrogen and oxygen atoms in total. The smallest absolute Gasteiger partial charge is 0.253 e. The highest BCUT2D eigenvalue weighted by molar-refractivity contribution is 6.30. The summed E-state index contributed by atoms with van der Waals surface area (Å²) in [5.74, 6) is 0.198. The number of carbonyl (C=O) groups excluding carboxylic acids is 2. The summed E-state index contributed by atoms with van der Waals surface area (Å²) in [6, 6.07) is 7.02. The van der Waals surface area contributed by atoms with E-state index in [0.717, 1.165) is 25.8 Å². The summed E-state index contributed by atoms with van der Waals surface area (Å²) in [6.45, 7) is 4.71. The molecule has 1 aliphatic rings. The molecular weight excluding hydrogens is 300 g/mol. The van der Waals surface area contributed by atoms with Crippen LogP contribution in [0.25, 0.3) is 0 Å². The molecule has 0 saturated carbocycles. The first-order chi connectivity index (χ1) is 10.6.